The van der Waals surface area contributed by atoms with E-state index in [9.17, 15) is 9.59 Å². The van der Waals surface area contributed by atoms with Crippen LogP contribution in [0.5, 0.6) is 0 Å². The fourth-order valence-corrected chi connectivity index (χ4v) is 4.42. The smallest absolute Gasteiger partial charge is 0.260 e. The standard InChI is InChI=1S/C17H25N3O2S2/c1-6-9(3)8-12-10(4)23-16-13(12)15(22)19-17(20-16)24-11(5)14(21)18-7-2/h9,11H,6-8H2,1-5H3,(H,18,21)(H,19,20,22)/t9-,11+/m0/s1. The number of aromatic amines is 1. The number of carbonyl (C=O) groups excluding carboxylic acids is 1. The maximum atomic E-state index is 12.6. The average Bonchev–Trinajstić information content (AvgIpc) is 2.83. The first kappa shape index (κ1) is 19.0. The minimum atomic E-state index is -0.300. The molecule has 0 aromatic carbocycles. The lowest BCUT2D eigenvalue weighted by molar-refractivity contribution is -0.120. The Morgan fingerprint density at radius 2 is 2.08 bits per heavy atom. The Kier molecular flexibility index (Phi) is 6.46. The number of hydrogen-bond donors (Lipinski definition) is 2. The number of nitrogens with one attached hydrogen (secondary N) is 2. The summed E-state index contributed by atoms with van der Waals surface area (Å²) in [5.74, 6) is 0.484. The highest BCUT2D eigenvalue weighted by Crippen LogP contribution is 2.31. The fraction of sp³-hybridized carbons (Fsp3) is 0.588. The van der Waals surface area contributed by atoms with Crippen LogP contribution in [0.15, 0.2) is 9.95 Å². The van der Waals surface area contributed by atoms with Gasteiger partial charge in [0.2, 0.25) is 5.91 Å². The van der Waals surface area contributed by atoms with E-state index in [-0.39, 0.29) is 16.7 Å². The number of thiophene rings is 1. The molecular formula is C17H25N3O2S2. The van der Waals surface area contributed by atoms with Crippen molar-refractivity contribution in [1.82, 2.24) is 15.3 Å². The largest absolute Gasteiger partial charge is 0.355 e. The lowest BCUT2D eigenvalue weighted by Crippen LogP contribution is -2.30. The molecule has 5 nitrogen and oxygen atoms in total. The van der Waals surface area contributed by atoms with Crippen LogP contribution in [-0.4, -0.2) is 27.7 Å². The molecule has 2 heterocycles. The summed E-state index contributed by atoms with van der Waals surface area (Å²) in [6.07, 6.45) is 1.98. The van der Waals surface area contributed by atoms with Crippen LogP contribution in [0, 0.1) is 12.8 Å². The molecule has 0 aliphatic carbocycles. The number of amides is 1. The zero-order chi connectivity index (χ0) is 17.9. The van der Waals surface area contributed by atoms with E-state index in [1.54, 1.807) is 11.3 Å². The molecule has 2 aromatic heterocycles. The summed E-state index contributed by atoms with van der Waals surface area (Å²) >= 11 is 2.84. The molecule has 0 unspecified atom stereocenters. The second kappa shape index (κ2) is 8.16. The summed E-state index contributed by atoms with van der Waals surface area (Å²) in [5.41, 5.74) is 1.01. The monoisotopic (exact) mass is 367 g/mol. The Labute approximate surface area is 150 Å². The van der Waals surface area contributed by atoms with Crippen molar-refractivity contribution in [3.8, 4) is 0 Å². The molecule has 0 bridgehead atoms. The Morgan fingerprint density at radius 1 is 1.38 bits per heavy atom. The quantitative estimate of drug-likeness (QED) is 0.580. The van der Waals surface area contributed by atoms with E-state index in [1.165, 1.54) is 11.8 Å². The van der Waals surface area contributed by atoms with Gasteiger partial charge in [-0.3, -0.25) is 9.59 Å². The average molecular weight is 368 g/mol. The topological polar surface area (TPSA) is 74.8 Å². The van der Waals surface area contributed by atoms with E-state index in [1.807, 2.05) is 20.8 Å². The summed E-state index contributed by atoms with van der Waals surface area (Å²) in [6, 6.07) is 0. The van der Waals surface area contributed by atoms with Crippen molar-refractivity contribution in [2.24, 2.45) is 5.92 Å². The molecule has 24 heavy (non-hydrogen) atoms. The highest BCUT2D eigenvalue weighted by atomic mass is 32.2. The molecule has 2 N–H and O–H groups in total. The van der Waals surface area contributed by atoms with Crippen LogP contribution in [0.25, 0.3) is 10.2 Å². The summed E-state index contributed by atoms with van der Waals surface area (Å²) in [4.78, 5) is 33.8. The van der Waals surface area contributed by atoms with Gasteiger partial charge in [0.25, 0.3) is 5.56 Å². The van der Waals surface area contributed by atoms with E-state index in [4.69, 9.17) is 0 Å². The van der Waals surface area contributed by atoms with E-state index in [2.05, 4.69) is 29.1 Å². The Bertz CT molecular complexity index is 782. The minimum absolute atomic E-state index is 0.0509. The highest BCUT2D eigenvalue weighted by Gasteiger charge is 2.19. The number of hydrogen-bond acceptors (Lipinski definition) is 5. The zero-order valence-electron chi connectivity index (χ0n) is 14.9. The molecule has 2 aromatic rings. The zero-order valence-corrected chi connectivity index (χ0v) is 16.5. The second-order valence-electron chi connectivity index (χ2n) is 6.06. The SMILES string of the molecule is CCNC(=O)[C@@H](C)Sc1nc2sc(C)c(C[C@@H](C)CC)c2c(=O)[nH]1. The number of fused-ring (bicyclic) bond motifs is 1. The van der Waals surface area contributed by atoms with Crippen LogP contribution in [0.2, 0.25) is 0 Å². The minimum Gasteiger partial charge on any atom is -0.355 e. The van der Waals surface area contributed by atoms with Gasteiger partial charge in [0.05, 0.1) is 10.6 Å². The Hall–Kier alpha value is -1.34. The molecule has 0 spiro atoms. The van der Waals surface area contributed by atoms with Crippen molar-refractivity contribution >= 4 is 39.2 Å². The first-order chi connectivity index (χ1) is 11.4. The van der Waals surface area contributed by atoms with Gasteiger partial charge in [-0.2, -0.15) is 0 Å². The van der Waals surface area contributed by atoms with Gasteiger partial charge in [-0.1, -0.05) is 32.0 Å². The van der Waals surface area contributed by atoms with Crippen molar-refractivity contribution in [2.45, 2.75) is 57.9 Å². The van der Waals surface area contributed by atoms with Gasteiger partial charge >= 0.3 is 0 Å². The number of nitrogens with zero attached hydrogens (tertiary/aromatic N) is 1. The van der Waals surface area contributed by atoms with Gasteiger partial charge in [0.1, 0.15) is 4.83 Å². The number of carbonyl (C=O) groups is 1. The van der Waals surface area contributed by atoms with Gasteiger partial charge in [-0.25, -0.2) is 4.98 Å². The van der Waals surface area contributed by atoms with Gasteiger partial charge in [0.15, 0.2) is 5.16 Å². The number of aryl methyl sites for hydroxylation is 1. The van der Waals surface area contributed by atoms with Crippen LogP contribution >= 0.6 is 23.1 Å². The van der Waals surface area contributed by atoms with Crippen LogP contribution in [0.4, 0.5) is 0 Å². The number of thioether (sulfide) groups is 1. The van der Waals surface area contributed by atoms with Gasteiger partial charge in [-0.05, 0) is 38.7 Å². The van der Waals surface area contributed by atoms with Crippen molar-refractivity contribution in [2.75, 3.05) is 6.54 Å². The molecule has 0 radical (unpaired) electrons. The van der Waals surface area contributed by atoms with Crippen molar-refractivity contribution in [3.05, 3.63) is 20.8 Å². The molecule has 0 aliphatic heterocycles. The van der Waals surface area contributed by atoms with Crippen molar-refractivity contribution in [3.63, 3.8) is 0 Å². The van der Waals surface area contributed by atoms with Gasteiger partial charge in [-0.15, -0.1) is 11.3 Å². The molecule has 1 amide bonds. The molecule has 0 fully saturated rings. The third kappa shape index (κ3) is 4.19. The molecule has 0 saturated carbocycles. The lowest BCUT2D eigenvalue weighted by atomic mass is 9.98. The number of H-pyrrole nitrogens is 1. The van der Waals surface area contributed by atoms with Crippen LogP contribution in [0.1, 0.15) is 44.6 Å². The molecule has 0 saturated heterocycles. The van der Waals surface area contributed by atoms with Crippen LogP contribution < -0.4 is 10.9 Å². The molecule has 132 valence electrons. The first-order valence-electron chi connectivity index (χ1n) is 8.33. The molecule has 7 heteroatoms. The van der Waals surface area contributed by atoms with E-state index in [0.29, 0.717) is 23.0 Å². The summed E-state index contributed by atoms with van der Waals surface area (Å²) in [7, 11) is 0. The predicted molar refractivity (Wildman–Crippen MR) is 102 cm³/mol. The van der Waals surface area contributed by atoms with E-state index >= 15 is 0 Å². The first-order valence-corrected chi connectivity index (χ1v) is 10.0. The second-order valence-corrected chi connectivity index (χ2v) is 8.59. The van der Waals surface area contributed by atoms with Crippen LogP contribution in [0.3, 0.4) is 0 Å². The fourth-order valence-electron chi connectivity index (χ4n) is 2.49. The third-order valence-electron chi connectivity index (χ3n) is 4.10. The summed E-state index contributed by atoms with van der Waals surface area (Å²) in [6.45, 7) is 10.7. The molecular weight excluding hydrogens is 342 g/mol. The molecule has 2 rings (SSSR count). The predicted octanol–water partition coefficient (Wildman–Crippen LogP) is 3.50. The van der Waals surface area contributed by atoms with E-state index in [0.717, 1.165) is 28.1 Å². The number of rotatable bonds is 7. The summed E-state index contributed by atoms with van der Waals surface area (Å²) < 4.78 is 0. The number of aromatic nitrogens is 2. The van der Waals surface area contributed by atoms with Crippen LogP contribution in [-0.2, 0) is 11.2 Å². The summed E-state index contributed by atoms with van der Waals surface area (Å²) in [5, 5.41) is 3.70. The third-order valence-corrected chi connectivity index (χ3v) is 6.12. The highest BCUT2D eigenvalue weighted by molar-refractivity contribution is 8.00. The van der Waals surface area contributed by atoms with Gasteiger partial charge < -0.3 is 10.3 Å². The van der Waals surface area contributed by atoms with Crippen molar-refractivity contribution in [1.29, 1.82) is 0 Å². The maximum Gasteiger partial charge on any atom is 0.260 e. The van der Waals surface area contributed by atoms with Crippen molar-refractivity contribution < 1.29 is 4.79 Å². The molecule has 0 aliphatic rings. The van der Waals surface area contributed by atoms with E-state index < -0.39 is 0 Å². The van der Waals surface area contributed by atoms with Gasteiger partial charge in [0, 0.05) is 11.4 Å². The lowest BCUT2D eigenvalue weighted by Gasteiger charge is -2.10. The normalized spacial score (nSPS) is 13.9. The Balaban J connectivity index is 2.34. The Morgan fingerprint density at radius 3 is 2.71 bits per heavy atom. The maximum absolute atomic E-state index is 12.6. The molecule has 2 atom stereocenters.